The number of benzene rings is 4. The van der Waals surface area contributed by atoms with E-state index in [1.165, 1.54) is 12.1 Å². The SMILES string of the molecule is Nc1cc(NC(=O)c2cn(-c3ccccc3)nc2-c2ccccc2)cc(Oc2cccc(C(=O)O)c2)c1. The van der Waals surface area contributed by atoms with Crippen LogP contribution in [-0.2, 0) is 0 Å². The Morgan fingerprint density at radius 1 is 0.838 bits per heavy atom. The van der Waals surface area contributed by atoms with Crippen LogP contribution < -0.4 is 15.8 Å². The van der Waals surface area contributed by atoms with Crippen molar-refractivity contribution in [3.63, 3.8) is 0 Å². The highest BCUT2D eigenvalue weighted by Crippen LogP contribution is 2.29. The van der Waals surface area contributed by atoms with Crippen molar-refractivity contribution in [3.8, 4) is 28.4 Å². The largest absolute Gasteiger partial charge is 0.478 e. The molecule has 1 heterocycles. The van der Waals surface area contributed by atoms with E-state index in [1.807, 2.05) is 60.7 Å². The quantitative estimate of drug-likeness (QED) is 0.246. The number of nitrogens with two attached hydrogens (primary N) is 1. The first-order chi connectivity index (χ1) is 18.0. The minimum absolute atomic E-state index is 0.0961. The van der Waals surface area contributed by atoms with Crippen LogP contribution in [0.5, 0.6) is 11.5 Å². The van der Waals surface area contributed by atoms with Crippen molar-refractivity contribution in [2.24, 2.45) is 0 Å². The van der Waals surface area contributed by atoms with Gasteiger partial charge in [-0.2, -0.15) is 5.10 Å². The summed E-state index contributed by atoms with van der Waals surface area (Å²) in [4.78, 5) is 24.7. The predicted molar refractivity (Wildman–Crippen MR) is 141 cm³/mol. The molecular formula is C29H22N4O4. The normalized spacial score (nSPS) is 10.6. The molecule has 8 heteroatoms. The molecule has 1 amide bonds. The zero-order valence-electron chi connectivity index (χ0n) is 19.5. The summed E-state index contributed by atoms with van der Waals surface area (Å²) in [7, 11) is 0. The van der Waals surface area contributed by atoms with E-state index in [2.05, 4.69) is 10.4 Å². The topological polar surface area (TPSA) is 119 Å². The van der Waals surface area contributed by atoms with Crippen molar-refractivity contribution in [1.82, 2.24) is 9.78 Å². The van der Waals surface area contributed by atoms with Gasteiger partial charge < -0.3 is 20.9 Å². The highest BCUT2D eigenvalue weighted by atomic mass is 16.5. The van der Waals surface area contributed by atoms with E-state index in [9.17, 15) is 14.7 Å². The minimum atomic E-state index is -1.06. The van der Waals surface area contributed by atoms with Crippen molar-refractivity contribution >= 4 is 23.3 Å². The maximum atomic E-state index is 13.4. The lowest BCUT2D eigenvalue weighted by Gasteiger charge is -2.11. The molecular weight excluding hydrogens is 468 g/mol. The second-order valence-corrected chi connectivity index (χ2v) is 8.22. The second kappa shape index (κ2) is 10.1. The van der Waals surface area contributed by atoms with Crippen LogP contribution in [0, 0.1) is 0 Å². The van der Waals surface area contributed by atoms with Crippen LogP contribution in [0.4, 0.5) is 11.4 Å². The van der Waals surface area contributed by atoms with E-state index < -0.39 is 5.97 Å². The maximum Gasteiger partial charge on any atom is 0.335 e. The summed E-state index contributed by atoms with van der Waals surface area (Å²) in [6, 6.07) is 29.9. The summed E-state index contributed by atoms with van der Waals surface area (Å²) in [5.74, 6) is -0.749. The van der Waals surface area contributed by atoms with Crippen LogP contribution >= 0.6 is 0 Å². The van der Waals surface area contributed by atoms with Gasteiger partial charge >= 0.3 is 5.97 Å². The summed E-state index contributed by atoms with van der Waals surface area (Å²) >= 11 is 0. The van der Waals surface area contributed by atoms with Crippen molar-refractivity contribution in [1.29, 1.82) is 0 Å². The summed E-state index contributed by atoms with van der Waals surface area (Å²) in [6.07, 6.45) is 1.69. The average Bonchev–Trinajstić information content (AvgIpc) is 3.35. The second-order valence-electron chi connectivity index (χ2n) is 8.22. The number of para-hydroxylation sites is 1. The van der Waals surface area contributed by atoms with Crippen LogP contribution in [0.15, 0.2) is 109 Å². The predicted octanol–water partition coefficient (Wildman–Crippen LogP) is 5.86. The third kappa shape index (κ3) is 5.33. The summed E-state index contributed by atoms with van der Waals surface area (Å²) in [5.41, 5.74) is 9.49. The van der Waals surface area contributed by atoms with Crippen LogP contribution in [0.2, 0.25) is 0 Å². The van der Waals surface area contributed by atoms with Gasteiger partial charge in [-0.15, -0.1) is 0 Å². The lowest BCUT2D eigenvalue weighted by molar-refractivity contribution is 0.0696. The zero-order chi connectivity index (χ0) is 25.8. The highest BCUT2D eigenvalue weighted by molar-refractivity contribution is 6.08. The van der Waals surface area contributed by atoms with Crippen LogP contribution in [0.25, 0.3) is 16.9 Å². The smallest absolute Gasteiger partial charge is 0.335 e. The molecule has 5 rings (SSSR count). The third-order valence-electron chi connectivity index (χ3n) is 5.53. The number of amides is 1. The fraction of sp³-hybridized carbons (Fsp3) is 0. The fourth-order valence-corrected chi connectivity index (χ4v) is 3.84. The number of aromatic carboxylic acids is 1. The van der Waals surface area contributed by atoms with Crippen molar-refractivity contribution in [3.05, 3.63) is 120 Å². The van der Waals surface area contributed by atoms with Crippen molar-refractivity contribution in [2.75, 3.05) is 11.1 Å². The molecule has 0 aliphatic carbocycles. The first-order valence-electron chi connectivity index (χ1n) is 11.4. The van der Waals surface area contributed by atoms with E-state index in [1.54, 1.807) is 41.2 Å². The number of nitrogens with one attached hydrogen (secondary N) is 1. The van der Waals surface area contributed by atoms with Gasteiger partial charge in [-0.25, -0.2) is 9.48 Å². The summed E-state index contributed by atoms with van der Waals surface area (Å²) in [6.45, 7) is 0. The number of nitrogens with zero attached hydrogens (tertiary/aromatic N) is 2. The molecule has 0 bridgehead atoms. The molecule has 182 valence electrons. The summed E-state index contributed by atoms with van der Waals surface area (Å²) < 4.78 is 7.49. The van der Waals surface area contributed by atoms with E-state index in [0.29, 0.717) is 34.1 Å². The van der Waals surface area contributed by atoms with Gasteiger partial charge in [0.25, 0.3) is 5.91 Å². The third-order valence-corrected chi connectivity index (χ3v) is 5.53. The Morgan fingerprint density at radius 3 is 2.30 bits per heavy atom. The number of hydrogen-bond donors (Lipinski definition) is 3. The number of carboxylic acids is 1. The van der Waals surface area contributed by atoms with Gasteiger partial charge in [-0.05, 0) is 36.4 Å². The molecule has 0 saturated carbocycles. The number of carbonyl (C=O) groups is 2. The number of carboxylic acid groups (broad SMARTS) is 1. The van der Waals surface area contributed by atoms with Gasteiger partial charge in [0.1, 0.15) is 17.2 Å². The van der Waals surface area contributed by atoms with Crippen LogP contribution in [-0.4, -0.2) is 26.8 Å². The number of aromatic nitrogens is 2. The molecule has 0 saturated heterocycles. The van der Waals surface area contributed by atoms with Crippen LogP contribution in [0.1, 0.15) is 20.7 Å². The standard InChI is InChI=1S/C29H22N4O4/c30-21-15-22(17-25(16-21)37-24-13-7-10-20(14-24)29(35)36)31-28(34)26-18-33(23-11-5-2-6-12-23)32-27(26)19-8-3-1-4-9-19/h1-18H,30H2,(H,31,34)(H,35,36). The molecule has 37 heavy (non-hydrogen) atoms. The van der Waals surface area contributed by atoms with Gasteiger partial charge in [0, 0.05) is 35.3 Å². The number of anilines is 2. The Balaban J connectivity index is 1.45. The number of ether oxygens (including phenoxy) is 1. The molecule has 0 fully saturated rings. The molecule has 0 radical (unpaired) electrons. The molecule has 1 aromatic heterocycles. The van der Waals surface area contributed by atoms with Gasteiger partial charge in [-0.3, -0.25) is 4.79 Å². The zero-order valence-corrected chi connectivity index (χ0v) is 19.5. The number of carbonyl (C=O) groups excluding carboxylic acids is 1. The van der Waals surface area contributed by atoms with Gasteiger partial charge in [0.15, 0.2) is 0 Å². The highest BCUT2D eigenvalue weighted by Gasteiger charge is 2.19. The maximum absolute atomic E-state index is 13.4. The molecule has 0 aliphatic heterocycles. The van der Waals surface area contributed by atoms with E-state index >= 15 is 0 Å². The van der Waals surface area contributed by atoms with E-state index in [-0.39, 0.29) is 11.5 Å². The molecule has 8 nitrogen and oxygen atoms in total. The lowest BCUT2D eigenvalue weighted by Crippen LogP contribution is -2.12. The Kier molecular flexibility index (Phi) is 6.37. The molecule has 5 aromatic rings. The molecule has 0 spiro atoms. The summed E-state index contributed by atoms with van der Waals surface area (Å²) in [5, 5.41) is 16.8. The van der Waals surface area contributed by atoms with Crippen molar-refractivity contribution in [2.45, 2.75) is 0 Å². The van der Waals surface area contributed by atoms with Gasteiger partial charge in [-0.1, -0.05) is 54.6 Å². The Bertz CT molecular complexity index is 1580. The number of hydrogen-bond acceptors (Lipinski definition) is 5. The minimum Gasteiger partial charge on any atom is -0.478 e. The first-order valence-corrected chi connectivity index (χ1v) is 11.4. The Hall–Kier alpha value is -5.37. The molecule has 4 aromatic carbocycles. The monoisotopic (exact) mass is 490 g/mol. The van der Waals surface area contributed by atoms with E-state index in [4.69, 9.17) is 10.5 Å². The molecule has 0 aliphatic rings. The van der Waals surface area contributed by atoms with E-state index in [0.717, 1.165) is 11.3 Å². The van der Waals surface area contributed by atoms with Crippen molar-refractivity contribution < 1.29 is 19.4 Å². The Labute approximate surface area is 212 Å². The number of nitrogen functional groups attached to an aromatic ring is 1. The van der Waals surface area contributed by atoms with Gasteiger partial charge in [0.2, 0.25) is 0 Å². The molecule has 4 N–H and O–H groups in total. The Morgan fingerprint density at radius 2 is 1.57 bits per heavy atom. The average molecular weight is 491 g/mol. The molecule has 0 atom stereocenters. The lowest BCUT2D eigenvalue weighted by atomic mass is 10.1. The first kappa shape index (κ1) is 23.4. The van der Waals surface area contributed by atoms with Gasteiger partial charge in [0.05, 0.1) is 16.8 Å². The number of rotatable bonds is 7. The molecule has 0 unspecified atom stereocenters. The fourth-order valence-electron chi connectivity index (χ4n) is 3.84. The van der Waals surface area contributed by atoms with Crippen LogP contribution in [0.3, 0.4) is 0 Å².